The lowest BCUT2D eigenvalue weighted by Crippen LogP contribution is -2.15. The molecular weight excluding hydrogens is 265 g/mol. The molecule has 1 aromatic heterocycles. The summed E-state index contributed by atoms with van der Waals surface area (Å²) in [6, 6.07) is 0. The molecule has 0 bridgehead atoms. The molecule has 0 amide bonds. The monoisotopic (exact) mass is 265 g/mol. The summed E-state index contributed by atoms with van der Waals surface area (Å²) in [7, 11) is 0. The second-order valence-corrected chi connectivity index (χ2v) is 3.01. The van der Waals surface area contributed by atoms with E-state index >= 15 is 0 Å². The Morgan fingerprint density at radius 1 is 1.31 bits per heavy atom. The molecule has 0 unspecified atom stereocenters. The maximum Gasteiger partial charge on any atom is 0.437 e. The van der Waals surface area contributed by atoms with Gasteiger partial charge in [0.15, 0.2) is 0 Å². The zero-order valence-electron chi connectivity index (χ0n) is 6.98. The minimum absolute atomic E-state index is 1.80. The largest absolute Gasteiger partial charge is 0.477 e. The molecule has 0 atom stereocenters. The van der Waals surface area contributed by atoms with Gasteiger partial charge in [0.05, 0.1) is 0 Å². The normalized spacial score (nSPS) is 12.9. The highest BCUT2D eigenvalue weighted by Crippen LogP contribution is 2.40. The average Bonchev–Trinajstić information content (AvgIpc) is 2.43. The molecule has 1 N–H and O–H groups in total. The lowest BCUT2D eigenvalue weighted by molar-refractivity contribution is -0.143. The van der Waals surface area contributed by atoms with E-state index in [9.17, 15) is 26.7 Å². The molecule has 0 spiro atoms. The van der Waals surface area contributed by atoms with Crippen molar-refractivity contribution in [1.82, 2.24) is 5.16 Å². The Bertz CT molecular complexity index is 389. The van der Waals surface area contributed by atoms with Gasteiger partial charge in [-0.3, -0.25) is 0 Å². The topological polar surface area (TPSA) is 63.3 Å². The first-order valence-electron chi connectivity index (χ1n) is 3.42. The Morgan fingerprint density at radius 2 is 1.81 bits per heavy atom. The Labute approximate surface area is 88.6 Å². The number of alkyl halides is 6. The van der Waals surface area contributed by atoms with Crippen LogP contribution in [0.4, 0.5) is 22.0 Å². The van der Waals surface area contributed by atoms with Crippen molar-refractivity contribution in [3.63, 3.8) is 0 Å². The van der Waals surface area contributed by atoms with Crippen molar-refractivity contribution in [2.45, 2.75) is 11.6 Å². The van der Waals surface area contributed by atoms with Crippen LogP contribution >= 0.6 is 11.6 Å². The van der Waals surface area contributed by atoms with Gasteiger partial charge in [-0.15, -0.1) is 0 Å². The highest BCUT2D eigenvalue weighted by Gasteiger charge is 2.48. The number of halogens is 6. The molecule has 0 aliphatic heterocycles. The fourth-order valence-electron chi connectivity index (χ4n) is 0.876. The first kappa shape index (κ1) is 12.7. The number of carbonyl (C=O) groups is 1. The van der Waals surface area contributed by atoms with Crippen LogP contribution in [-0.4, -0.2) is 16.2 Å². The molecule has 0 saturated carbocycles. The number of carboxylic acid groups (broad SMARTS) is 1. The minimum Gasteiger partial charge on any atom is -0.477 e. The smallest absolute Gasteiger partial charge is 0.437 e. The van der Waals surface area contributed by atoms with Gasteiger partial charge in [-0.2, -0.15) is 22.0 Å². The van der Waals surface area contributed by atoms with Gasteiger partial charge in [0.2, 0.25) is 11.5 Å². The Morgan fingerprint density at radius 3 is 2.12 bits per heavy atom. The Balaban J connectivity index is 3.47. The molecule has 0 saturated heterocycles. The third-order valence-electron chi connectivity index (χ3n) is 1.43. The summed E-state index contributed by atoms with van der Waals surface area (Å²) in [6.07, 6.45) is -5.22. The van der Waals surface area contributed by atoms with E-state index in [1.807, 2.05) is 0 Å². The molecule has 0 aromatic carbocycles. The van der Waals surface area contributed by atoms with Crippen LogP contribution in [0.5, 0.6) is 0 Å². The second-order valence-electron chi connectivity index (χ2n) is 2.54. The molecule has 90 valence electrons. The van der Waals surface area contributed by atoms with Crippen LogP contribution in [0.2, 0.25) is 0 Å². The molecule has 1 heterocycles. The summed E-state index contributed by atoms with van der Waals surface area (Å²) in [5, 5.41) is 6.22. The fourth-order valence-corrected chi connectivity index (χ4v) is 1.00. The predicted molar refractivity (Wildman–Crippen MR) is 38.2 cm³/mol. The second kappa shape index (κ2) is 3.58. The summed E-state index contributed by atoms with van der Waals surface area (Å²) >= 11 is 4.37. The van der Waals surface area contributed by atoms with Gasteiger partial charge in [0, 0.05) is 0 Å². The molecule has 10 heteroatoms. The van der Waals surface area contributed by atoms with Crippen LogP contribution in [-0.2, 0) is 11.6 Å². The van der Waals surface area contributed by atoms with E-state index in [1.54, 1.807) is 0 Å². The first-order valence-corrected chi connectivity index (χ1v) is 3.80. The van der Waals surface area contributed by atoms with Gasteiger partial charge >= 0.3 is 17.5 Å². The Hall–Kier alpha value is -1.38. The van der Waals surface area contributed by atoms with Gasteiger partial charge in [-0.05, 0) is 11.6 Å². The molecular formula is C6HClF5NO3. The Kier molecular flexibility index (Phi) is 2.84. The number of aromatic carboxylic acids is 1. The average molecular weight is 266 g/mol. The van der Waals surface area contributed by atoms with E-state index in [0.29, 0.717) is 0 Å². The van der Waals surface area contributed by atoms with E-state index in [4.69, 9.17) is 5.11 Å². The summed E-state index contributed by atoms with van der Waals surface area (Å²) in [5.74, 6) is -4.11. The molecule has 4 nitrogen and oxygen atoms in total. The molecule has 0 aliphatic rings. The van der Waals surface area contributed by atoms with E-state index < -0.39 is 34.5 Å². The SMILES string of the molecule is O=C(O)c1c(C(F)(F)F)noc1C(F)(F)Cl. The van der Waals surface area contributed by atoms with Crippen molar-refractivity contribution in [1.29, 1.82) is 0 Å². The summed E-state index contributed by atoms with van der Waals surface area (Å²) in [6.45, 7) is 0. The van der Waals surface area contributed by atoms with E-state index in [2.05, 4.69) is 21.3 Å². The van der Waals surface area contributed by atoms with Gasteiger partial charge < -0.3 is 9.63 Å². The molecule has 0 radical (unpaired) electrons. The summed E-state index contributed by atoms with van der Waals surface area (Å²) in [4.78, 5) is 10.4. The number of rotatable bonds is 2. The van der Waals surface area contributed by atoms with E-state index in [0.717, 1.165) is 0 Å². The highest BCUT2D eigenvalue weighted by atomic mass is 35.5. The minimum atomic E-state index is -5.22. The van der Waals surface area contributed by atoms with Crippen molar-refractivity contribution in [3.05, 3.63) is 17.0 Å². The number of aromatic nitrogens is 1. The van der Waals surface area contributed by atoms with Crippen molar-refractivity contribution in [2.24, 2.45) is 0 Å². The molecule has 0 fully saturated rings. The molecule has 1 rings (SSSR count). The lowest BCUT2D eigenvalue weighted by Gasteiger charge is -2.05. The number of hydrogen-bond acceptors (Lipinski definition) is 3. The van der Waals surface area contributed by atoms with Gasteiger partial charge in [0.25, 0.3) is 0 Å². The number of hydrogen-bond donors (Lipinski definition) is 1. The quantitative estimate of drug-likeness (QED) is 0.659. The highest BCUT2D eigenvalue weighted by molar-refractivity contribution is 6.22. The zero-order valence-corrected chi connectivity index (χ0v) is 7.73. The third kappa shape index (κ3) is 2.23. The number of carboxylic acids is 1. The molecule has 0 aliphatic carbocycles. The van der Waals surface area contributed by atoms with Crippen molar-refractivity contribution >= 4 is 17.6 Å². The lowest BCUT2D eigenvalue weighted by atomic mass is 10.2. The van der Waals surface area contributed by atoms with Crippen LogP contribution in [0, 0.1) is 0 Å². The van der Waals surface area contributed by atoms with E-state index in [1.165, 1.54) is 0 Å². The molecule has 16 heavy (non-hydrogen) atoms. The van der Waals surface area contributed by atoms with Crippen LogP contribution in [0.3, 0.4) is 0 Å². The maximum atomic E-state index is 12.5. The van der Waals surface area contributed by atoms with E-state index in [-0.39, 0.29) is 0 Å². The fraction of sp³-hybridized carbons (Fsp3) is 0.333. The van der Waals surface area contributed by atoms with Gasteiger partial charge in [0.1, 0.15) is 5.56 Å². The van der Waals surface area contributed by atoms with Crippen LogP contribution < -0.4 is 0 Å². The van der Waals surface area contributed by atoms with Crippen molar-refractivity contribution < 1.29 is 36.4 Å². The van der Waals surface area contributed by atoms with Crippen molar-refractivity contribution in [2.75, 3.05) is 0 Å². The van der Waals surface area contributed by atoms with Crippen molar-refractivity contribution in [3.8, 4) is 0 Å². The summed E-state index contributed by atoms with van der Waals surface area (Å²) in [5.41, 5.74) is -3.86. The molecule has 1 aromatic rings. The predicted octanol–water partition coefficient (Wildman–Crippen LogP) is 2.68. The van der Waals surface area contributed by atoms with Gasteiger partial charge in [-0.25, -0.2) is 4.79 Å². The summed E-state index contributed by atoms with van der Waals surface area (Å²) < 4.78 is 65.0. The van der Waals surface area contributed by atoms with Crippen LogP contribution in [0.15, 0.2) is 4.52 Å². The van der Waals surface area contributed by atoms with Crippen LogP contribution in [0.25, 0.3) is 0 Å². The van der Waals surface area contributed by atoms with Gasteiger partial charge in [-0.1, -0.05) is 5.16 Å². The van der Waals surface area contributed by atoms with Crippen LogP contribution in [0.1, 0.15) is 21.8 Å². The zero-order chi connectivity index (χ0) is 12.7. The first-order chi connectivity index (χ1) is 7.05. The standard InChI is InChI=1S/C6HClF5NO3/c7-5(8,9)3-1(4(14)15)2(13-16-3)6(10,11)12/h(H,14,15). The third-order valence-corrected chi connectivity index (χ3v) is 1.60. The number of nitrogens with zero attached hydrogens (tertiary/aromatic N) is 1. The maximum absolute atomic E-state index is 12.5.